The Kier molecular flexibility index (Phi) is 2.80. The van der Waals surface area contributed by atoms with Crippen LogP contribution in [0.1, 0.15) is 18.2 Å². The third-order valence-electron chi connectivity index (χ3n) is 2.77. The predicted octanol–water partition coefficient (Wildman–Crippen LogP) is 2.76. The van der Waals surface area contributed by atoms with Gasteiger partial charge in [0.15, 0.2) is 5.82 Å². The van der Waals surface area contributed by atoms with Crippen molar-refractivity contribution in [2.24, 2.45) is 0 Å². The molecule has 17 heavy (non-hydrogen) atoms. The van der Waals surface area contributed by atoms with Gasteiger partial charge in [-0.25, -0.2) is 9.97 Å². The van der Waals surface area contributed by atoms with Gasteiger partial charge < -0.3 is 0 Å². The van der Waals surface area contributed by atoms with E-state index in [2.05, 4.69) is 15.1 Å². The standard InChI is InChI=1S/C11H11ClN4S/c1-2-16-9(3-4-13-16)11-14-8-6-17-5-7(8)10(12)15-11/h3-4H,2,5-6H2,1H3. The van der Waals surface area contributed by atoms with E-state index in [0.717, 1.165) is 35.0 Å². The predicted molar refractivity (Wildman–Crippen MR) is 68.9 cm³/mol. The van der Waals surface area contributed by atoms with Crippen LogP contribution in [0, 0.1) is 0 Å². The molecule has 1 aliphatic rings. The number of hydrogen-bond donors (Lipinski definition) is 0. The lowest BCUT2D eigenvalue weighted by molar-refractivity contribution is 0.663. The van der Waals surface area contributed by atoms with E-state index in [0.29, 0.717) is 11.0 Å². The molecule has 88 valence electrons. The van der Waals surface area contributed by atoms with Gasteiger partial charge in [0.2, 0.25) is 0 Å². The molecule has 0 saturated carbocycles. The van der Waals surface area contributed by atoms with E-state index < -0.39 is 0 Å². The van der Waals surface area contributed by atoms with Gasteiger partial charge in [-0.1, -0.05) is 11.6 Å². The summed E-state index contributed by atoms with van der Waals surface area (Å²) in [6.45, 7) is 2.84. The van der Waals surface area contributed by atoms with Gasteiger partial charge in [-0.15, -0.1) is 0 Å². The molecule has 0 fully saturated rings. The Bertz CT molecular complexity index is 567. The Morgan fingerprint density at radius 3 is 3.12 bits per heavy atom. The molecule has 0 aliphatic carbocycles. The molecular weight excluding hydrogens is 256 g/mol. The molecular formula is C11H11ClN4S. The first-order valence-corrected chi connectivity index (χ1v) is 6.98. The minimum Gasteiger partial charge on any atom is -0.262 e. The molecule has 0 bridgehead atoms. The average molecular weight is 267 g/mol. The van der Waals surface area contributed by atoms with Crippen LogP contribution in [0.15, 0.2) is 12.3 Å². The fourth-order valence-corrected chi connectivity index (χ4v) is 3.28. The average Bonchev–Trinajstić information content (AvgIpc) is 2.96. The summed E-state index contributed by atoms with van der Waals surface area (Å²) in [6.07, 6.45) is 1.76. The van der Waals surface area contributed by atoms with E-state index in [9.17, 15) is 0 Å². The summed E-state index contributed by atoms with van der Waals surface area (Å²) >= 11 is 8.02. The summed E-state index contributed by atoms with van der Waals surface area (Å²) in [7, 11) is 0. The van der Waals surface area contributed by atoms with Gasteiger partial charge >= 0.3 is 0 Å². The molecule has 1 aliphatic heterocycles. The van der Waals surface area contributed by atoms with Crippen LogP contribution in [0.3, 0.4) is 0 Å². The number of hydrogen-bond acceptors (Lipinski definition) is 4. The smallest absolute Gasteiger partial charge is 0.179 e. The lowest BCUT2D eigenvalue weighted by Crippen LogP contribution is -2.04. The lowest BCUT2D eigenvalue weighted by Gasteiger charge is -2.06. The first-order chi connectivity index (χ1) is 8.29. The van der Waals surface area contributed by atoms with Gasteiger partial charge in [-0.05, 0) is 13.0 Å². The molecule has 0 atom stereocenters. The van der Waals surface area contributed by atoms with Crippen molar-refractivity contribution in [1.82, 2.24) is 19.7 Å². The Morgan fingerprint density at radius 2 is 2.29 bits per heavy atom. The second-order valence-corrected chi connectivity index (χ2v) is 5.13. The van der Waals surface area contributed by atoms with E-state index in [4.69, 9.17) is 11.6 Å². The zero-order valence-electron chi connectivity index (χ0n) is 9.35. The van der Waals surface area contributed by atoms with Crippen LogP contribution in [-0.4, -0.2) is 19.7 Å². The fourth-order valence-electron chi connectivity index (χ4n) is 1.90. The highest BCUT2D eigenvalue weighted by Gasteiger charge is 2.20. The van der Waals surface area contributed by atoms with Crippen molar-refractivity contribution >= 4 is 23.4 Å². The molecule has 0 amide bonds. The van der Waals surface area contributed by atoms with Crippen LogP contribution in [0.4, 0.5) is 0 Å². The van der Waals surface area contributed by atoms with Gasteiger partial charge in [-0.3, -0.25) is 4.68 Å². The van der Waals surface area contributed by atoms with E-state index in [-0.39, 0.29) is 0 Å². The van der Waals surface area contributed by atoms with Crippen LogP contribution in [0.5, 0.6) is 0 Å². The Balaban J connectivity index is 2.13. The van der Waals surface area contributed by atoms with Gasteiger partial charge in [0.25, 0.3) is 0 Å². The topological polar surface area (TPSA) is 43.6 Å². The molecule has 0 saturated heterocycles. The number of aromatic nitrogens is 4. The lowest BCUT2D eigenvalue weighted by atomic mass is 10.2. The van der Waals surface area contributed by atoms with Crippen molar-refractivity contribution in [3.63, 3.8) is 0 Å². The minimum atomic E-state index is 0.582. The SMILES string of the molecule is CCn1nccc1-c1nc(Cl)c2c(n1)CSC2. The second-order valence-electron chi connectivity index (χ2n) is 3.79. The third kappa shape index (κ3) is 1.83. The quantitative estimate of drug-likeness (QED) is 0.784. The second kappa shape index (κ2) is 4.31. The maximum absolute atomic E-state index is 6.19. The molecule has 2 aromatic heterocycles. The molecule has 0 spiro atoms. The Labute approximate surface area is 108 Å². The van der Waals surface area contributed by atoms with Gasteiger partial charge in [-0.2, -0.15) is 16.9 Å². The summed E-state index contributed by atoms with van der Waals surface area (Å²) in [5.41, 5.74) is 3.07. The molecule has 3 heterocycles. The highest BCUT2D eigenvalue weighted by molar-refractivity contribution is 7.98. The summed E-state index contributed by atoms with van der Waals surface area (Å²) in [6, 6.07) is 1.92. The Hall–Kier alpha value is -1.07. The number of nitrogens with zero attached hydrogens (tertiary/aromatic N) is 4. The summed E-state index contributed by atoms with van der Waals surface area (Å²) in [5.74, 6) is 2.52. The Morgan fingerprint density at radius 1 is 1.41 bits per heavy atom. The fraction of sp³-hybridized carbons (Fsp3) is 0.364. The minimum absolute atomic E-state index is 0.582. The number of halogens is 1. The van der Waals surface area contributed by atoms with Gasteiger partial charge in [0, 0.05) is 29.8 Å². The summed E-state index contributed by atoms with van der Waals surface area (Å²) in [4.78, 5) is 8.96. The van der Waals surface area contributed by atoms with Gasteiger partial charge in [0.1, 0.15) is 10.8 Å². The van der Waals surface area contributed by atoms with Crippen molar-refractivity contribution in [3.8, 4) is 11.5 Å². The largest absolute Gasteiger partial charge is 0.262 e. The first-order valence-electron chi connectivity index (χ1n) is 5.45. The zero-order chi connectivity index (χ0) is 11.8. The summed E-state index contributed by atoms with van der Waals surface area (Å²) in [5, 5.41) is 4.80. The molecule has 0 N–H and O–H groups in total. The maximum atomic E-state index is 6.19. The normalized spacial score (nSPS) is 14.0. The van der Waals surface area contributed by atoms with E-state index >= 15 is 0 Å². The number of rotatable bonds is 2. The van der Waals surface area contributed by atoms with Gasteiger partial charge in [0.05, 0.1) is 5.69 Å². The molecule has 0 radical (unpaired) electrons. The summed E-state index contributed by atoms with van der Waals surface area (Å²) < 4.78 is 1.88. The van der Waals surface area contributed by atoms with E-state index in [1.54, 1.807) is 6.20 Å². The number of aryl methyl sites for hydroxylation is 1. The zero-order valence-corrected chi connectivity index (χ0v) is 10.9. The van der Waals surface area contributed by atoms with Crippen LogP contribution in [-0.2, 0) is 18.1 Å². The highest BCUT2D eigenvalue weighted by Crippen LogP contribution is 2.33. The first kappa shape index (κ1) is 11.0. The number of thioether (sulfide) groups is 1. The van der Waals surface area contributed by atoms with Crippen molar-refractivity contribution in [1.29, 1.82) is 0 Å². The molecule has 2 aromatic rings. The molecule has 6 heteroatoms. The molecule has 0 unspecified atom stereocenters. The maximum Gasteiger partial charge on any atom is 0.179 e. The monoisotopic (exact) mass is 266 g/mol. The van der Waals surface area contributed by atoms with Crippen LogP contribution < -0.4 is 0 Å². The third-order valence-corrected chi connectivity index (χ3v) is 4.06. The van der Waals surface area contributed by atoms with E-state index in [1.807, 2.05) is 29.4 Å². The van der Waals surface area contributed by atoms with Crippen molar-refractivity contribution in [2.75, 3.05) is 0 Å². The molecule has 0 aromatic carbocycles. The van der Waals surface area contributed by atoms with Crippen molar-refractivity contribution < 1.29 is 0 Å². The van der Waals surface area contributed by atoms with Crippen LogP contribution in [0.2, 0.25) is 5.15 Å². The number of fused-ring (bicyclic) bond motifs is 1. The van der Waals surface area contributed by atoms with Crippen molar-refractivity contribution in [3.05, 3.63) is 28.7 Å². The van der Waals surface area contributed by atoms with Crippen LogP contribution >= 0.6 is 23.4 Å². The molecule has 4 nitrogen and oxygen atoms in total. The van der Waals surface area contributed by atoms with E-state index in [1.165, 1.54) is 0 Å². The van der Waals surface area contributed by atoms with Crippen LogP contribution in [0.25, 0.3) is 11.5 Å². The highest BCUT2D eigenvalue weighted by atomic mass is 35.5. The van der Waals surface area contributed by atoms with Crippen molar-refractivity contribution in [2.45, 2.75) is 25.0 Å². The molecule has 3 rings (SSSR count).